The predicted octanol–water partition coefficient (Wildman–Crippen LogP) is 3.88. The molecule has 0 aliphatic carbocycles. The minimum Gasteiger partial charge on any atom is -0.357 e. The van der Waals surface area contributed by atoms with Crippen LogP contribution in [0.2, 0.25) is 0 Å². The van der Waals surface area contributed by atoms with E-state index in [0.717, 1.165) is 24.6 Å². The standard InChI is InChI=1S/C23H31N5/c1-6-24-23(26-16(2)13-22-17(3)27-28(5)18(22)4)25-15-19-11-12-20-9-7-8-10-21(20)14-19/h7-12,14,16H,6,13,15H2,1-5H3,(H2,24,25,26). The fraction of sp³-hybridized carbons (Fsp3) is 0.391. The molecule has 0 aliphatic heterocycles. The van der Waals surface area contributed by atoms with E-state index in [1.165, 1.54) is 27.6 Å². The normalized spacial score (nSPS) is 13.0. The van der Waals surface area contributed by atoms with E-state index in [1.54, 1.807) is 0 Å². The van der Waals surface area contributed by atoms with Crippen LogP contribution in [0, 0.1) is 13.8 Å². The number of aliphatic imine (C=N–C) groups is 1. The molecule has 0 bridgehead atoms. The molecule has 2 N–H and O–H groups in total. The van der Waals surface area contributed by atoms with Gasteiger partial charge in [-0.15, -0.1) is 0 Å². The van der Waals surface area contributed by atoms with Crippen LogP contribution in [0.15, 0.2) is 47.5 Å². The zero-order valence-electron chi connectivity index (χ0n) is 17.6. The Morgan fingerprint density at radius 1 is 1.14 bits per heavy atom. The Labute approximate surface area is 167 Å². The molecule has 3 aromatic rings. The topological polar surface area (TPSA) is 54.2 Å². The molecular formula is C23H31N5. The minimum atomic E-state index is 0.260. The van der Waals surface area contributed by atoms with E-state index in [2.05, 4.69) is 85.9 Å². The Kier molecular flexibility index (Phi) is 6.34. The molecule has 5 nitrogen and oxygen atoms in total. The summed E-state index contributed by atoms with van der Waals surface area (Å²) in [5.74, 6) is 0.849. The Morgan fingerprint density at radius 2 is 1.89 bits per heavy atom. The first kappa shape index (κ1) is 19.9. The van der Waals surface area contributed by atoms with E-state index in [0.29, 0.717) is 6.54 Å². The number of aryl methyl sites for hydroxylation is 2. The maximum atomic E-state index is 4.80. The predicted molar refractivity (Wildman–Crippen MR) is 118 cm³/mol. The second-order valence-corrected chi connectivity index (χ2v) is 7.40. The average Bonchev–Trinajstić information content (AvgIpc) is 2.92. The molecule has 2 aromatic carbocycles. The summed E-state index contributed by atoms with van der Waals surface area (Å²) in [4.78, 5) is 4.80. The molecule has 0 amide bonds. The van der Waals surface area contributed by atoms with Crippen molar-refractivity contribution in [3.63, 3.8) is 0 Å². The van der Waals surface area contributed by atoms with Gasteiger partial charge in [0.15, 0.2) is 5.96 Å². The summed E-state index contributed by atoms with van der Waals surface area (Å²) in [7, 11) is 2.00. The molecule has 0 fully saturated rings. The van der Waals surface area contributed by atoms with Gasteiger partial charge in [-0.2, -0.15) is 5.10 Å². The van der Waals surface area contributed by atoms with Crippen molar-refractivity contribution in [2.45, 2.75) is 46.7 Å². The summed E-state index contributed by atoms with van der Waals surface area (Å²) in [5.41, 5.74) is 4.85. The van der Waals surface area contributed by atoms with Crippen LogP contribution in [-0.4, -0.2) is 28.3 Å². The number of aromatic nitrogens is 2. The summed E-state index contributed by atoms with van der Waals surface area (Å²) < 4.78 is 1.95. The van der Waals surface area contributed by atoms with Gasteiger partial charge in [-0.3, -0.25) is 4.68 Å². The number of hydrogen-bond acceptors (Lipinski definition) is 2. The van der Waals surface area contributed by atoms with E-state index in [4.69, 9.17) is 4.99 Å². The molecule has 0 aliphatic rings. The highest BCUT2D eigenvalue weighted by atomic mass is 15.3. The SMILES string of the molecule is CCNC(=NCc1ccc2ccccc2c1)NC(C)Cc1c(C)nn(C)c1C. The van der Waals surface area contributed by atoms with Crippen molar-refractivity contribution in [3.05, 3.63) is 65.0 Å². The van der Waals surface area contributed by atoms with E-state index in [-0.39, 0.29) is 6.04 Å². The van der Waals surface area contributed by atoms with E-state index in [9.17, 15) is 0 Å². The number of fused-ring (bicyclic) bond motifs is 1. The maximum absolute atomic E-state index is 4.80. The van der Waals surface area contributed by atoms with Gasteiger partial charge in [0.2, 0.25) is 0 Å². The van der Waals surface area contributed by atoms with Gasteiger partial charge >= 0.3 is 0 Å². The summed E-state index contributed by atoms with van der Waals surface area (Å²) in [6, 6.07) is 15.2. The first-order valence-electron chi connectivity index (χ1n) is 9.99. The molecule has 0 radical (unpaired) electrons. The van der Waals surface area contributed by atoms with E-state index >= 15 is 0 Å². The molecule has 28 heavy (non-hydrogen) atoms. The Hall–Kier alpha value is -2.82. The highest BCUT2D eigenvalue weighted by Gasteiger charge is 2.14. The second-order valence-electron chi connectivity index (χ2n) is 7.40. The van der Waals surface area contributed by atoms with Crippen LogP contribution < -0.4 is 10.6 Å². The van der Waals surface area contributed by atoms with Gasteiger partial charge in [0, 0.05) is 25.3 Å². The fourth-order valence-electron chi connectivity index (χ4n) is 3.53. The molecule has 3 rings (SSSR count). The van der Waals surface area contributed by atoms with Crippen molar-refractivity contribution in [1.82, 2.24) is 20.4 Å². The highest BCUT2D eigenvalue weighted by Crippen LogP contribution is 2.16. The summed E-state index contributed by atoms with van der Waals surface area (Å²) in [5, 5.41) is 13.9. The number of nitrogens with one attached hydrogen (secondary N) is 2. The average molecular weight is 378 g/mol. The van der Waals surface area contributed by atoms with Crippen LogP contribution in [0.25, 0.3) is 10.8 Å². The lowest BCUT2D eigenvalue weighted by Crippen LogP contribution is -2.43. The van der Waals surface area contributed by atoms with Crippen LogP contribution in [0.1, 0.15) is 36.4 Å². The van der Waals surface area contributed by atoms with Gasteiger partial charge in [-0.1, -0.05) is 36.4 Å². The summed E-state index contributed by atoms with van der Waals surface area (Å²) in [6.45, 7) is 9.97. The molecule has 0 saturated carbocycles. The molecule has 5 heteroatoms. The van der Waals surface area contributed by atoms with Crippen LogP contribution in [0.3, 0.4) is 0 Å². The lowest BCUT2D eigenvalue weighted by Gasteiger charge is -2.18. The number of nitrogens with zero attached hydrogens (tertiary/aromatic N) is 3. The fourth-order valence-corrected chi connectivity index (χ4v) is 3.53. The van der Waals surface area contributed by atoms with Gasteiger partial charge < -0.3 is 10.6 Å². The molecule has 0 saturated heterocycles. The van der Waals surface area contributed by atoms with Crippen molar-refractivity contribution in [1.29, 1.82) is 0 Å². The second kappa shape index (κ2) is 8.91. The van der Waals surface area contributed by atoms with Crippen LogP contribution >= 0.6 is 0 Å². The first-order chi connectivity index (χ1) is 13.5. The van der Waals surface area contributed by atoms with Crippen molar-refractivity contribution in [2.75, 3.05) is 6.54 Å². The van der Waals surface area contributed by atoms with Gasteiger partial charge in [-0.05, 0) is 62.1 Å². The third-order valence-electron chi connectivity index (χ3n) is 5.13. The van der Waals surface area contributed by atoms with Crippen LogP contribution in [-0.2, 0) is 20.0 Å². The Balaban J connectivity index is 1.69. The van der Waals surface area contributed by atoms with Crippen molar-refractivity contribution < 1.29 is 0 Å². The van der Waals surface area contributed by atoms with E-state index < -0.39 is 0 Å². The quantitative estimate of drug-likeness (QED) is 0.506. The van der Waals surface area contributed by atoms with Crippen LogP contribution in [0.4, 0.5) is 0 Å². The molecule has 1 atom stereocenters. The monoisotopic (exact) mass is 377 g/mol. The molecule has 148 valence electrons. The molecule has 1 aromatic heterocycles. The third kappa shape index (κ3) is 4.71. The molecule has 1 unspecified atom stereocenters. The summed E-state index contributed by atoms with van der Waals surface area (Å²) >= 11 is 0. The molecule has 0 spiro atoms. The molecule has 1 heterocycles. The Bertz CT molecular complexity index is 970. The minimum absolute atomic E-state index is 0.260. The van der Waals surface area contributed by atoms with Crippen molar-refractivity contribution >= 4 is 16.7 Å². The molecular weight excluding hydrogens is 346 g/mol. The van der Waals surface area contributed by atoms with Crippen LogP contribution in [0.5, 0.6) is 0 Å². The maximum Gasteiger partial charge on any atom is 0.191 e. The number of hydrogen-bond donors (Lipinski definition) is 2. The van der Waals surface area contributed by atoms with Gasteiger partial charge in [0.1, 0.15) is 0 Å². The number of guanidine groups is 1. The summed E-state index contributed by atoms with van der Waals surface area (Å²) in [6.07, 6.45) is 0.923. The van der Waals surface area contributed by atoms with Gasteiger partial charge in [-0.25, -0.2) is 4.99 Å². The smallest absolute Gasteiger partial charge is 0.191 e. The third-order valence-corrected chi connectivity index (χ3v) is 5.13. The largest absolute Gasteiger partial charge is 0.357 e. The van der Waals surface area contributed by atoms with Gasteiger partial charge in [0.25, 0.3) is 0 Å². The van der Waals surface area contributed by atoms with Gasteiger partial charge in [0.05, 0.1) is 12.2 Å². The first-order valence-corrected chi connectivity index (χ1v) is 9.99. The number of benzene rings is 2. The lowest BCUT2D eigenvalue weighted by molar-refractivity contribution is 0.636. The van der Waals surface area contributed by atoms with Crippen molar-refractivity contribution in [3.8, 4) is 0 Å². The Morgan fingerprint density at radius 3 is 2.57 bits per heavy atom. The number of rotatable bonds is 6. The van der Waals surface area contributed by atoms with E-state index in [1.807, 2.05) is 11.7 Å². The highest BCUT2D eigenvalue weighted by molar-refractivity contribution is 5.83. The lowest BCUT2D eigenvalue weighted by atomic mass is 10.1. The van der Waals surface area contributed by atoms with Crippen molar-refractivity contribution in [2.24, 2.45) is 12.0 Å². The zero-order valence-corrected chi connectivity index (χ0v) is 17.6. The zero-order chi connectivity index (χ0) is 20.1.